The van der Waals surface area contributed by atoms with Gasteiger partial charge in [0, 0.05) is 31.6 Å². The Labute approximate surface area is 293 Å². The van der Waals surface area contributed by atoms with E-state index >= 15 is 0 Å². The largest absolute Gasteiger partial charge is 0.399 e. The average Bonchev–Trinajstić information content (AvgIpc) is 3.63. The number of thiazole rings is 1. The van der Waals surface area contributed by atoms with Gasteiger partial charge in [-0.15, -0.1) is 11.3 Å². The number of aromatic nitrogens is 1. The summed E-state index contributed by atoms with van der Waals surface area (Å²) >= 11 is 1.53. The number of rotatable bonds is 17. The van der Waals surface area contributed by atoms with Crippen LogP contribution in [0.2, 0.25) is 0 Å². The summed E-state index contributed by atoms with van der Waals surface area (Å²) in [5.74, 6) is -0.671. The van der Waals surface area contributed by atoms with Crippen molar-refractivity contribution in [2.75, 3.05) is 33.3 Å². The van der Waals surface area contributed by atoms with Gasteiger partial charge in [0.1, 0.15) is 13.2 Å². The van der Waals surface area contributed by atoms with E-state index in [-0.39, 0.29) is 42.3 Å². The van der Waals surface area contributed by atoms with Gasteiger partial charge < -0.3 is 25.1 Å². The second-order valence-electron chi connectivity index (χ2n) is 13.0. The maximum Gasteiger partial charge on any atom is 0.321 e. The van der Waals surface area contributed by atoms with Crippen molar-refractivity contribution < 1.29 is 28.0 Å². The molecular formula is C35H48N6O6S2. The highest BCUT2D eigenvalue weighted by Gasteiger charge is 2.40. The molecule has 1 unspecified atom stereocenters. The third kappa shape index (κ3) is 10.1. The Balaban J connectivity index is 1.56. The molecule has 0 bridgehead atoms. The first-order valence-corrected chi connectivity index (χ1v) is 18.8. The molecule has 0 saturated carbocycles. The van der Waals surface area contributed by atoms with Gasteiger partial charge >= 0.3 is 6.03 Å². The zero-order chi connectivity index (χ0) is 35.7. The monoisotopic (exact) mass is 712 g/mol. The summed E-state index contributed by atoms with van der Waals surface area (Å²) in [5, 5.41) is 21.4. The molecule has 0 aliphatic carbocycles. The SMILES string of the molecule is CON=Cc1ccc(S(=O)(=O)N(CC(C)C)C[C@@H](O)[C@H](Cc2ccccc2)NC(=O)C(C(C)C)N2CCN(Cc3csc(C)n3)C2=O)cc1. The third-order valence-electron chi connectivity index (χ3n) is 8.26. The lowest BCUT2D eigenvalue weighted by atomic mass is 9.97. The number of nitrogens with zero attached hydrogens (tertiary/aromatic N) is 5. The van der Waals surface area contributed by atoms with Gasteiger partial charge in [0.25, 0.3) is 0 Å². The Morgan fingerprint density at radius 3 is 2.39 bits per heavy atom. The number of aliphatic hydroxyl groups excluding tert-OH is 1. The van der Waals surface area contributed by atoms with Crippen LogP contribution in [0.5, 0.6) is 0 Å². The molecule has 1 fully saturated rings. The molecule has 3 aromatic rings. The Hall–Kier alpha value is -3.85. The molecule has 2 aromatic carbocycles. The van der Waals surface area contributed by atoms with Gasteiger partial charge in [0.15, 0.2) is 0 Å². The van der Waals surface area contributed by atoms with Crippen molar-refractivity contribution in [3.63, 3.8) is 0 Å². The van der Waals surface area contributed by atoms with Crippen molar-refractivity contribution in [1.29, 1.82) is 0 Å². The fourth-order valence-corrected chi connectivity index (χ4v) is 8.13. The molecule has 4 rings (SSSR count). The van der Waals surface area contributed by atoms with Crippen molar-refractivity contribution in [2.24, 2.45) is 17.0 Å². The lowest BCUT2D eigenvalue weighted by Gasteiger charge is -2.34. The minimum atomic E-state index is -4.02. The van der Waals surface area contributed by atoms with E-state index in [0.717, 1.165) is 16.3 Å². The van der Waals surface area contributed by atoms with E-state index in [1.807, 2.05) is 70.3 Å². The Kier molecular flexibility index (Phi) is 13.3. The van der Waals surface area contributed by atoms with E-state index in [4.69, 9.17) is 4.84 Å². The lowest BCUT2D eigenvalue weighted by molar-refractivity contribution is -0.128. The molecule has 2 heterocycles. The summed E-state index contributed by atoms with van der Waals surface area (Å²) in [6, 6.07) is 13.8. The normalized spacial score (nSPS) is 15.8. The molecule has 266 valence electrons. The first kappa shape index (κ1) is 38.0. The summed E-state index contributed by atoms with van der Waals surface area (Å²) in [6.45, 7) is 10.6. The molecule has 0 spiro atoms. The van der Waals surface area contributed by atoms with Gasteiger partial charge in [-0.05, 0) is 48.4 Å². The van der Waals surface area contributed by atoms with Crippen LogP contribution < -0.4 is 5.32 Å². The maximum absolute atomic E-state index is 14.1. The molecule has 1 aromatic heterocycles. The molecule has 3 atom stereocenters. The number of oxime groups is 1. The number of sulfonamides is 1. The number of aliphatic hydroxyl groups is 1. The summed E-state index contributed by atoms with van der Waals surface area (Å²) in [5.41, 5.74) is 2.34. The van der Waals surface area contributed by atoms with Crippen LogP contribution in [-0.4, -0.2) is 102 Å². The quantitative estimate of drug-likeness (QED) is 0.158. The molecule has 3 amide bonds. The predicted molar refractivity (Wildman–Crippen MR) is 191 cm³/mol. The van der Waals surface area contributed by atoms with Gasteiger partial charge in [-0.1, -0.05) is 75.3 Å². The molecule has 1 aliphatic rings. The van der Waals surface area contributed by atoms with Crippen LogP contribution in [0.25, 0.3) is 0 Å². The number of nitrogens with one attached hydrogen (secondary N) is 1. The number of benzene rings is 2. The number of carbonyl (C=O) groups excluding carboxylic acids is 2. The van der Waals surface area contributed by atoms with Gasteiger partial charge in [0.2, 0.25) is 15.9 Å². The van der Waals surface area contributed by atoms with Gasteiger partial charge in [-0.2, -0.15) is 4.31 Å². The molecular weight excluding hydrogens is 665 g/mol. The summed E-state index contributed by atoms with van der Waals surface area (Å²) in [6.07, 6.45) is 0.463. The summed E-state index contributed by atoms with van der Waals surface area (Å²) < 4.78 is 29.1. The number of urea groups is 1. The highest BCUT2D eigenvalue weighted by molar-refractivity contribution is 7.89. The second-order valence-corrected chi connectivity index (χ2v) is 16.0. The molecule has 1 saturated heterocycles. The smallest absolute Gasteiger partial charge is 0.321 e. The first-order valence-electron chi connectivity index (χ1n) is 16.5. The van der Waals surface area contributed by atoms with Gasteiger partial charge in [-0.3, -0.25) is 4.79 Å². The standard InChI is InChI=1S/C35H48N6O6S2/c1-24(2)20-40(49(45,46)30-14-12-28(13-15-30)19-36-47-6)22-32(42)31(18-27-10-8-7-9-11-27)38-34(43)33(25(3)4)41-17-16-39(35(41)44)21-29-23-48-26(5)37-29/h7-15,19,23-25,31-33,42H,16-18,20-22H2,1-6H3,(H,38,43)/t31-,32+,33?/m0/s1. The zero-order valence-corrected chi connectivity index (χ0v) is 30.7. The van der Waals surface area contributed by atoms with E-state index < -0.39 is 34.1 Å². The topological polar surface area (TPSA) is 145 Å². The second kappa shape index (κ2) is 17.2. The zero-order valence-electron chi connectivity index (χ0n) is 29.0. The van der Waals surface area contributed by atoms with Crippen LogP contribution in [0.4, 0.5) is 4.79 Å². The third-order valence-corrected chi connectivity index (χ3v) is 10.9. The predicted octanol–water partition coefficient (Wildman–Crippen LogP) is 4.13. The summed E-state index contributed by atoms with van der Waals surface area (Å²) in [4.78, 5) is 40.2. The van der Waals surface area contributed by atoms with E-state index in [1.165, 1.54) is 41.1 Å². The van der Waals surface area contributed by atoms with E-state index in [2.05, 4.69) is 15.5 Å². The van der Waals surface area contributed by atoms with E-state index in [0.29, 0.717) is 25.2 Å². The summed E-state index contributed by atoms with van der Waals surface area (Å²) in [7, 11) is -2.60. The number of hydrogen-bond donors (Lipinski definition) is 2. The van der Waals surface area contributed by atoms with Crippen molar-refractivity contribution in [3.05, 3.63) is 81.8 Å². The highest BCUT2D eigenvalue weighted by atomic mass is 32.2. The van der Waals surface area contributed by atoms with Crippen LogP contribution in [0.3, 0.4) is 0 Å². The van der Waals surface area contributed by atoms with Crippen molar-refractivity contribution in [2.45, 2.75) is 70.7 Å². The molecule has 12 nitrogen and oxygen atoms in total. The van der Waals surface area contributed by atoms with Crippen LogP contribution in [0, 0.1) is 18.8 Å². The molecule has 2 N–H and O–H groups in total. The van der Waals surface area contributed by atoms with Gasteiger partial charge in [-0.25, -0.2) is 18.2 Å². The minimum Gasteiger partial charge on any atom is -0.399 e. The van der Waals surface area contributed by atoms with Crippen LogP contribution in [0.1, 0.15) is 49.5 Å². The fraction of sp³-hybridized carbons (Fsp3) is 0.486. The van der Waals surface area contributed by atoms with E-state index in [1.54, 1.807) is 21.9 Å². The average molecular weight is 713 g/mol. The van der Waals surface area contributed by atoms with Gasteiger partial charge in [0.05, 0.1) is 40.5 Å². The maximum atomic E-state index is 14.1. The molecule has 14 heteroatoms. The molecule has 49 heavy (non-hydrogen) atoms. The Bertz CT molecular complexity index is 1660. The highest BCUT2D eigenvalue weighted by Crippen LogP contribution is 2.23. The van der Waals surface area contributed by atoms with Crippen LogP contribution in [-0.2, 0) is 32.6 Å². The van der Waals surface area contributed by atoms with Crippen LogP contribution in [0.15, 0.2) is 70.0 Å². The fourth-order valence-electron chi connectivity index (χ4n) is 5.91. The number of amides is 3. The lowest BCUT2D eigenvalue weighted by Crippen LogP contribution is -2.57. The number of hydrogen-bond acceptors (Lipinski definition) is 9. The van der Waals surface area contributed by atoms with Crippen molar-refractivity contribution in [1.82, 2.24) is 24.4 Å². The number of carbonyl (C=O) groups is 2. The Morgan fingerprint density at radius 1 is 1.10 bits per heavy atom. The Morgan fingerprint density at radius 2 is 1.80 bits per heavy atom. The van der Waals surface area contributed by atoms with E-state index in [9.17, 15) is 23.1 Å². The van der Waals surface area contributed by atoms with Crippen molar-refractivity contribution >= 4 is 39.5 Å². The van der Waals surface area contributed by atoms with Crippen LogP contribution >= 0.6 is 11.3 Å². The first-order chi connectivity index (χ1) is 23.3. The number of aryl methyl sites for hydroxylation is 1. The molecule has 0 radical (unpaired) electrons. The van der Waals surface area contributed by atoms with Crippen molar-refractivity contribution in [3.8, 4) is 0 Å². The molecule has 1 aliphatic heterocycles. The minimum absolute atomic E-state index is 0.0418.